The van der Waals surface area contributed by atoms with Gasteiger partial charge in [-0.15, -0.1) is 0 Å². The molecule has 0 aliphatic carbocycles. The Morgan fingerprint density at radius 1 is 1.06 bits per heavy atom. The number of hydrogen-bond donors (Lipinski definition) is 2. The highest BCUT2D eigenvalue weighted by molar-refractivity contribution is 7.90. The second-order valence-electron chi connectivity index (χ2n) is 6.85. The lowest BCUT2D eigenvalue weighted by atomic mass is 10.0. The Morgan fingerprint density at radius 2 is 1.81 bits per heavy atom. The maximum absolute atomic E-state index is 12.9. The summed E-state index contributed by atoms with van der Waals surface area (Å²) in [5, 5.41) is 0. The number of carbonyl (C=O) groups excluding carboxylic acids is 2. The molecule has 0 aliphatic rings. The molecule has 3 rings (SSSR count). The smallest absolute Gasteiger partial charge is 0.264 e. The van der Waals surface area contributed by atoms with Crippen LogP contribution in [0.2, 0.25) is 0 Å². The monoisotopic (exact) mass is 438 g/mol. The van der Waals surface area contributed by atoms with Gasteiger partial charge in [0.05, 0.1) is 17.6 Å². The van der Waals surface area contributed by atoms with Crippen LogP contribution in [0.15, 0.2) is 71.6 Å². The third-order valence-corrected chi connectivity index (χ3v) is 6.01. The van der Waals surface area contributed by atoms with E-state index in [1.54, 1.807) is 24.3 Å². The van der Waals surface area contributed by atoms with Crippen molar-refractivity contribution in [2.24, 2.45) is 0 Å². The molecule has 0 spiro atoms. The van der Waals surface area contributed by atoms with E-state index in [0.717, 1.165) is 5.56 Å². The van der Waals surface area contributed by atoms with Crippen LogP contribution in [0, 0.1) is 0 Å². The van der Waals surface area contributed by atoms with E-state index in [1.165, 1.54) is 19.2 Å². The number of ether oxygens (including phenoxy) is 1. The maximum Gasteiger partial charge on any atom is 0.264 e. The molecule has 0 aliphatic heterocycles. The second kappa shape index (κ2) is 9.44. The number of aryl methyl sites for hydroxylation is 1. The SMILES string of the molecule is COc1c(C=O)cc(S(=O)(=O)NC(=O)CCc2ccccc2)cc1-c1cccc(N)c1. The average Bonchev–Trinajstić information content (AvgIpc) is 2.77. The number of nitrogen functional groups attached to an aromatic ring is 1. The number of sulfonamides is 1. The first-order valence-corrected chi connectivity index (χ1v) is 10.9. The van der Waals surface area contributed by atoms with Crippen molar-refractivity contribution in [3.05, 3.63) is 77.9 Å². The highest BCUT2D eigenvalue weighted by Gasteiger charge is 2.22. The van der Waals surface area contributed by atoms with Gasteiger partial charge in [-0.3, -0.25) is 9.59 Å². The standard InChI is InChI=1S/C23H22N2O5S/c1-30-23-18(15-26)13-20(14-21(23)17-8-5-9-19(24)12-17)31(28,29)25-22(27)11-10-16-6-3-2-4-7-16/h2-9,12-15H,10-11,24H2,1H3,(H,25,27). The Kier molecular flexibility index (Phi) is 6.71. The average molecular weight is 439 g/mol. The third-order valence-electron chi connectivity index (χ3n) is 4.66. The van der Waals surface area contributed by atoms with Gasteiger partial charge in [0.25, 0.3) is 10.0 Å². The van der Waals surface area contributed by atoms with E-state index < -0.39 is 15.9 Å². The molecule has 0 saturated carbocycles. The van der Waals surface area contributed by atoms with Gasteiger partial charge in [0.1, 0.15) is 5.75 Å². The van der Waals surface area contributed by atoms with Gasteiger partial charge < -0.3 is 10.5 Å². The highest BCUT2D eigenvalue weighted by Crippen LogP contribution is 2.35. The molecular weight excluding hydrogens is 416 g/mol. The second-order valence-corrected chi connectivity index (χ2v) is 8.53. The number of aldehydes is 1. The van der Waals surface area contributed by atoms with E-state index in [2.05, 4.69) is 4.72 Å². The van der Waals surface area contributed by atoms with E-state index in [1.807, 2.05) is 30.3 Å². The van der Waals surface area contributed by atoms with Gasteiger partial charge >= 0.3 is 0 Å². The fraction of sp³-hybridized carbons (Fsp3) is 0.130. The summed E-state index contributed by atoms with van der Waals surface area (Å²) in [5.41, 5.74) is 8.22. The van der Waals surface area contributed by atoms with Crippen molar-refractivity contribution in [3.8, 4) is 16.9 Å². The highest BCUT2D eigenvalue weighted by atomic mass is 32.2. The van der Waals surface area contributed by atoms with Crippen LogP contribution in [-0.2, 0) is 21.2 Å². The number of amides is 1. The van der Waals surface area contributed by atoms with Crippen LogP contribution in [-0.4, -0.2) is 27.7 Å². The first-order chi connectivity index (χ1) is 14.8. The van der Waals surface area contributed by atoms with E-state index in [4.69, 9.17) is 10.5 Å². The number of anilines is 1. The van der Waals surface area contributed by atoms with Gasteiger partial charge in [0.15, 0.2) is 6.29 Å². The molecule has 0 unspecified atom stereocenters. The topological polar surface area (TPSA) is 116 Å². The molecule has 3 aromatic rings. The van der Waals surface area contributed by atoms with Gasteiger partial charge in [-0.1, -0.05) is 42.5 Å². The summed E-state index contributed by atoms with van der Waals surface area (Å²) in [7, 11) is -2.82. The molecule has 3 N–H and O–H groups in total. The molecule has 0 fully saturated rings. The van der Waals surface area contributed by atoms with Crippen molar-refractivity contribution in [2.45, 2.75) is 17.7 Å². The Morgan fingerprint density at radius 3 is 2.45 bits per heavy atom. The van der Waals surface area contributed by atoms with Gasteiger partial charge in [0, 0.05) is 17.7 Å². The molecule has 0 heterocycles. The van der Waals surface area contributed by atoms with E-state index in [-0.39, 0.29) is 22.6 Å². The van der Waals surface area contributed by atoms with Crippen LogP contribution in [0.5, 0.6) is 5.75 Å². The summed E-state index contributed by atoms with van der Waals surface area (Å²) in [6.07, 6.45) is 0.909. The van der Waals surface area contributed by atoms with E-state index in [9.17, 15) is 18.0 Å². The Labute approximate surface area is 180 Å². The lowest BCUT2D eigenvalue weighted by Gasteiger charge is -2.15. The lowest BCUT2D eigenvalue weighted by molar-refractivity contribution is -0.119. The number of methoxy groups -OCH3 is 1. The minimum Gasteiger partial charge on any atom is -0.495 e. The van der Waals surface area contributed by atoms with Crippen LogP contribution in [0.4, 0.5) is 5.69 Å². The fourth-order valence-electron chi connectivity index (χ4n) is 3.18. The largest absolute Gasteiger partial charge is 0.495 e. The summed E-state index contributed by atoms with van der Waals surface area (Å²) in [5.74, 6) is -0.423. The molecule has 0 radical (unpaired) electrons. The van der Waals surface area contributed by atoms with Crippen molar-refractivity contribution in [1.29, 1.82) is 0 Å². The number of rotatable bonds is 8. The van der Waals surface area contributed by atoms with Gasteiger partial charge in [-0.25, -0.2) is 13.1 Å². The van der Waals surface area contributed by atoms with Crippen LogP contribution in [0.1, 0.15) is 22.3 Å². The number of benzene rings is 3. The van der Waals surface area contributed by atoms with Crippen molar-refractivity contribution < 1.29 is 22.7 Å². The minimum absolute atomic E-state index is 0.00200. The molecule has 3 aromatic carbocycles. The Hall–Kier alpha value is -3.65. The van der Waals surface area contributed by atoms with E-state index in [0.29, 0.717) is 29.5 Å². The van der Waals surface area contributed by atoms with Crippen molar-refractivity contribution in [3.63, 3.8) is 0 Å². The molecule has 0 atom stereocenters. The van der Waals surface area contributed by atoms with Crippen LogP contribution < -0.4 is 15.2 Å². The molecule has 160 valence electrons. The van der Waals surface area contributed by atoms with E-state index >= 15 is 0 Å². The minimum atomic E-state index is -4.21. The summed E-state index contributed by atoms with van der Waals surface area (Å²) in [6, 6.07) is 18.6. The Balaban J connectivity index is 1.92. The molecule has 1 amide bonds. The summed E-state index contributed by atoms with van der Waals surface area (Å²) >= 11 is 0. The first kappa shape index (κ1) is 22.0. The normalized spacial score (nSPS) is 11.0. The van der Waals surface area contributed by atoms with Gasteiger partial charge in [-0.05, 0) is 41.8 Å². The lowest BCUT2D eigenvalue weighted by Crippen LogP contribution is -2.30. The molecule has 0 saturated heterocycles. The Bertz CT molecular complexity index is 1210. The zero-order valence-corrected chi connectivity index (χ0v) is 17.7. The number of nitrogens with two attached hydrogens (primary N) is 1. The quantitative estimate of drug-likeness (QED) is 0.412. The van der Waals surface area contributed by atoms with Crippen molar-refractivity contribution in [2.75, 3.05) is 12.8 Å². The zero-order chi connectivity index (χ0) is 22.4. The summed E-state index contributed by atoms with van der Waals surface area (Å²) in [6.45, 7) is 0. The fourth-order valence-corrected chi connectivity index (χ4v) is 4.25. The van der Waals surface area contributed by atoms with Crippen molar-refractivity contribution >= 4 is 27.9 Å². The zero-order valence-electron chi connectivity index (χ0n) is 16.9. The number of hydrogen-bond acceptors (Lipinski definition) is 6. The van der Waals surface area contributed by atoms with Crippen LogP contribution in [0.25, 0.3) is 11.1 Å². The van der Waals surface area contributed by atoms with Crippen LogP contribution in [0.3, 0.4) is 0 Å². The summed E-state index contributed by atoms with van der Waals surface area (Å²) < 4.78 is 33.1. The van der Waals surface area contributed by atoms with Gasteiger partial charge in [-0.2, -0.15) is 0 Å². The molecule has 31 heavy (non-hydrogen) atoms. The molecule has 0 bridgehead atoms. The van der Waals surface area contributed by atoms with Gasteiger partial charge in [0.2, 0.25) is 5.91 Å². The molecule has 8 heteroatoms. The molecular formula is C23H22N2O5S. The number of nitrogens with one attached hydrogen (secondary N) is 1. The number of carbonyl (C=O) groups is 2. The van der Waals surface area contributed by atoms with Crippen LogP contribution >= 0.6 is 0 Å². The predicted molar refractivity (Wildman–Crippen MR) is 118 cm³/mol. The first-order valence-electron chi connectivity index (χ1n) is 9.46. The van der Waals surface area contributed by atoms with Crippen molar-refractivity contribution in [1.82, 2.24) is 4.72 Å². The maximum atomic E-state index is 12.9. The predicted octanol–water partition coefficient (Wildman–Crippen LogP) is 3.19. The molecule has 7 nitrogen and oxygen atoms in total. The molecule has 0 aromatic heterocycles. The third kappa shape index (κ3) is 5.29. The summed E-state index contributed by atoms with van der Waals surface area (Å²) in [4.78, 5) is 23.7.